The van der Waals surface area contributed by atoms with Gasteiger partial charge in [0.25, 0.3) is 5.91 Å². The topological polar surface area (TPSA) is 59.1 Å². The third-order valence-electron chi connectivity index (χ3n) is 7.07. The summed E-state index contributed by atoms with van der Waals surface area (Å²) in [5.74, 6) is 0.474. The Morgan fingerprint density at radius 3 is 2.34 bits per heavy atom. The summed E-state index contributed by atoms with van der Waals surface area (Å²) in [6.45, 7) is 0.377. The normalized spacial score (nSPS) is 19.6. The Balaban J connectivity index is 1.63. The molecule has 35 heavy (non-hydrogen) atoms. The number of benzene rings is 2. The van der Waals surface area contributed by atoms with Gasteiger partial charge in [-0.1, -0.05) is 49.4 Å². The van der Waals surface area contributed by atoms with Gasteiger partial charge in [-0.25, -0.2) is 4.39 Å². The SMILES string of the molecule is COc1ccc(CCN2C(=O)CN(C3CCCCCC3)C(=O)[C@@H]2c2ccc(F)cc2Cl)cc1OC. The van der Waals surface area contributed by atoms with Gasteiger partial charge in [-0.2, -0.15) is 0 Å². The van der Waals surface area contributed by atoms with E-state index in [9.17, 15) is 14.0 Å². The number of hydrogen-bond donors (Lipinski definition) is 0. The van der Waals surface area contributed by atoms with E-state index in [-0.39, 0.29) is 29.4 Å². The smallest absolute Gasteiger partial charge is 0.250 e. The van der Waals surface area contributed by atoms with Crippen molar-refractivity contribution in [3.05, 3.63) is 58.4 Å². The Labute approximate surface area is 210 Å². The number of carbonyl (C=O) groups is 2. The molecular formula is C27H32ClFN2O4. The lowest BCUT2D eigenvalue weighted by atomic mass is 9.96. The summed E-state index contributed by atoms with van der Waals surface area (Å²) in [5.41, 5.74) is 1.40. The van der Waals surface area contributed by atoms with E-state index in [0.717, 1.165) is 44.1 Å². The largest absolute Gasteiger partial charge is 0.493 e. The van der Waals surface area contributed by atoms with Crippen LogP contribution in [-0.2, 0) is 16.0 Å². The number of rotatable bonds is 7. The van der Waals surface area contributed by atoms with Crippen molar-refractivity contribution in [1.82, 2.24) is 9.80 Å². The van der Waals surface area contributed by atoms with Crippen molar-refractivity contribution in [2.75, 3.05) is 27.3 Å². The predicted octanol–water partition coefficient (Wildman–Crippen LogP) is 5.17. The van der Waals surface area contributed by atoms with Crippen LogP contribution in [0.3, 0.4) is 0 Å². The van der Waals surface area contributed by atoms with Crippen LogP contribution in [0, 0.1) is 5.82 Å². The van der Waals surface area contributed by atoms with Gasteiger partial charge in [0.05, 0.1) is 14.2 Å². The molecule has 2 amide bonds. The molecule has 4 rings (SSSR count). The van der Waals surface area contributed by atoms with E-state index in [2.05, 4.69) is 0 Å². The molecule has 188 valence electrons. The maximum absolute atomic E-state index is 13.9. The van der Waals surface area contributed by atoms with E-state index >= 15 is 0 Å². The summed E-state index contributed by atoms with van der Waals surface area (Å²) >= 11 is 6.41. The molecule has 0 N–H and O–H groups in total. The average Bonchev–Trinajstić information content (AvgIpc) is 3.14. The number of methoxy groups -OCH3 is 2. The molecule has 1 saturated carbocycles. The second-order valence-corrected chi connectivity index (χ2v) is 9.61. The van der Waals surface area contributed by atoms with Crippen LogP contribution in [0.5, 0.6) is 11.5 Å². The van der Waals surface area contributed by atoms with Gasteiger partial charge in [-0.3, -0.25) is 9.59 Å². The Kier molecular flexibility index (Phi) is 8.16. The Bertz CT molecular complexity index is 1070. The summed E-state index contributed by atoms with van der Waals surface area (Å²) in [7, 11) is 3.15. The number of amides is 2. The zero-order valence-electron chi connectivity index (χ0n) is 20.3. The van der Waals surface area contributed by atoms with Crippen molar-refractivity contribution >= 4 is 23.4 Å². The second-order valence-electron chi connectivity index (χ2n) is 9.21. The molecule has 0 radical (unpaired) electrons. The van der Waals surface area contributed by atoms with Crippen molar-refractivity contribution < 1.29 is 23.5 Å². The van der Waals surface area contributed by atoms with Crippen molar-refractivity contribution in [3.63, 3.8) is 0 Å². The predicted molar refractivity (Wildman–Crippen MR) is 132 cm³/mol. The molecule has 1 saturated heterocycles. The van der Waals surface area contributed by atoms with Crippen LogP contribution in [-0.4, -0.2) is 55.0 Å². The summed E-state index contributed by atoms with van der Waals surface area (Å²) in [5, 5.41) is 0.148. The zero-order valence-corrected chi connectivity index (χ0v) is 21.0. The monoisotopic (exact) mass is 502 g/mol. The van der Waals surface area contributed by atoms with Crippen molar-refractivity contribution in [3.8, 4) is 11.5 Å². The van der Waals surface area contributed by atoms with Crippen LogP contribution in [0.15, 0.2) is 36.4 Å². The minimum absolute atomic E-state index is 0.0451. The molecule has 2 aliphatic rings. The first-order valence-corrected chi connectivity index (χ1v) is 12.6. The highest BCUT2D eigenvalue weighted by molar-refractivity contribution is 6.31. The summed E-state index contributed by atoms with van der Waals surface area (Å²) in [6.07, 6.45) is 6.71. The average molecular weight is 503 g/mol. The highest BCUT2D eigenvalue weighted by Crippen LogP contribution is 2.36. The third-order valence-corrected chi connectivity index (χ3v) is 7.39. The first-order chi connectivity index (χ1) is 16.9. The molecule has 1 atom stereocenters. The lowest BCUT2D eigenvalue weighted by molar-refractivity contribution is -0.158. The van der Waals surface area contributed by atoms with Gasteiger partial charge < -0.3 is 19.3 Å². The van der Waals surface area contributed by atoms with Crippen LogP contribution in [0.4, 0.5) is 4.39 Å². The van der Waals surface area contributed by atoms with Crippen molar-refractivity contribution in [1.29, 1.82) is 0 Å². The molecule has 2 aromatic rings. The fraction of sp³-hybridized carbons (Fsp3) is 0.481. The van der Waals surface area contributed by atoms with E-state index in [1.165, 1.54) is 18.2 Å². The molecule has 2 aromatic carbocycles. The van der Waals surface area contributed by atoms with Crippen LogP contribution in [0.2, 0.25) is 5.02 Å². The molecule has 6 nitrogen and oxygen atoms in total. The van der Waals surface area contributed by atoms with Gasteiger partial charge in [0, 0.05) is 23.2 Å². The number of hydrogen-bond acceptors (Lipinski definition) is 4. The highest BCUT2D eigenvalue weighted by Gasteiger charge is 2.43. The third kappa shape index (κ3) is 5.56. The maximum Gasteiger partial charge on any atom is 0.250 e. The molecule has 8 heteroatoms. The minimum atomic E-state index is -0.882. The molecule has 1 aliphatic carbocycles. The van der Waals surface area contributed by atoms with Crippen LogP contribution >= 0.6 is 11.6 Å². The molecule has 0 spiro atoms. The number of ether oxygens (including phenoxy) is 2. The highest BCUT2D eigenvalue weighted by atomic mass is 35.5. The Hall–Kier alpha value is -2.80. The molecule has 1 heterocycles. The number of carbonyl (C=O) groups excluding carboxylic acids is 2. The van der Waals surface area contributed by atoms with Gasteiger partial charge in [0.1, 0.15) is 18.4 Å². The van der Waals surface area contributed by atoms with Crippen molar-refractivity contribution in [2.24, 2.45) is 0 Å². The summed E-state index contributed by atoms with van der Waals surface area (Å²) in [6, 6.07) is 8.77. The number of piperazine rings is 1. The maximum atomic E-state index is 13.9. The lowest BCUT2D eigenvalue weighted by Gasteiger charge is -2.44. The number of nitrogens with zero attached hydrogens (tertiary/aromatic N) is 2. The van der Waals surface area contributed by atoms with E-state index in [4.69, 9.17) is 21.1 Å². The van der Waals surface area contributed by atoms with E-state index in [0.29, 0.717) is 30.0 Å². The van der Waals surface area contributed by atoms with Gasteiger partial charge in [0.2, 0.25) is 5.91 Å². The zero-order chi connectivity index (χ0) is 24.9. The van der Waals surface area contributed by atoms with Gasteiger partial charge >= 0.3 is 0 Å². The second kappa shape index (κ2) is 11.3. The molecule has 0 bridgehead atoms. The van der Waals surface area contributed by atoms with E-state index < -0.39 is 11.9 Å². The molecule has 1 aliphatic heterocycles. The van der Waals surface area contributed by atoms with Gasteiger partial charge in [0.15, 0.2) is 11.5 Å². The Morgan fingerprint density at radius 2 is 1.69 bits per heavy atom. The number of halogens is 2. The molecule has 0 aromatic heterocycles. The van der Waals surface area contributed by atoms with Gasteiger partial charge in [-0.05, 0) is 49.1 Å². The summed E-state index contributed by atoms with van der Waals surface area (Å²) < 4.78 is 24.5. The first-order valence-electron chi connectivity index (χ1n) is 12.2. The fourth-order valence-electron chi connectivity index (χ4n) is 5.19. The first kappa shape index (κ1) is 25.3. The Morgan fingerprint density at radius 1 is 0.971 bits per heavy atom. The molecular weight excluding hydrogens is 471 g/mol. The van der Waals surface area contributed by atoms with E-state index in [1.807, 2.05) is 18.2 Å². The van der Waals surface area contributed by atoms with Crippen LogP contribution in [0.1, 0.15) is 55.7 Å². The summed E-state index contributed by atoms with van der Waals surface area (Å²) in [4.78, 5) is 30.7. The van der Waals surface area contributed by atoms with Crippen molar-refractivity contribution in [2.45, 2.75) is 57.0 Å². The van der Waals surface area contributed by atoms with Crippen LogP contribution < -0.4 is 9.47 Å². The molecule has 0 unspecified atom stereocenters. The fourth-order valence-corrected chi connectivity index (χ4v) is 5.46. The molecule has 2 fully saturated rings. The van der Waals surface area contributed by atoms with E-state index in [1.54, 1.807) is 24.0 Å². The standard InChI is InChI=1S/C27H32ClFN2O4/c1-34-23-12-9-18(15-24(23)35-2)13-14-30-25(32)17-31(20-7-5-3-4-6-8-20)27(33)26(30)21-11-10-19(29)16-22(21)28/h9-12,15-16,20,26H,3-8,13-14,17H2,1-2H3/t26-/m0/s1. The van der Waals surface area contributed by atoms with Crippen LogP contribution in [0.25, 0.3) is 0 Å². The quantitative estimate of drug-likeness (QED) is 0.490. The lowest BCUT2D eigenvalue weighted by Crippen LogP contribution is -2.58. The minimum Gasteiger partial charge on any atom is -0.493 e. The van der Waals surface area contributed by atoms with Gasteiger partial charge in [-0.15, -0.1) is 0 Å².